The minimum atomic E-state index is -0.494. The third-order valence-electron chi connectivity index (χ3n) is 6.36. The van der Waals surface area contributed by atoms with Crippen LogP contribution in [0.15, 0.2) is 0 Å². The number of nitrogens with zero attached hydrogens (tertiary/aromatic N) is 1. The van der Waals surface area contributed by atoms with E-state index in [0.717, 1.165) is 32.6 Å². The summed E-state index contributed by atoms with van der Waals surface area (Å²) in [6.45, 7) is 12.4. The lowest BCUT2D eigenvalue weighted by molar-refractivity contribution is -0.303. The van der Waals surface area contributed by atoms with Gasteiger partial charge in [-0.25, -0.2) is 0 Å². The number of carbonyl (C=O) groups is 1. The second-order valence-electron chi connectivity index (χ2n) is 9.18. The Bertz CT molecular complexity index is 481. The van der Waals surface area contributed by atoms with Crippen molar-refractivity contribution < 1.29 is 19.1 Å². The van der Waals surface area contributed by atoms with Crippen LogP contribution < -0.4 is 5.32 Å². The summed E-state index contributed by atoms with van der Waals surface area (Å²) >= 11 is 0. The maximum absolute atomic E-state index is 11.7. The van der Waals surface area contributed by atoms with Crippen LogP contribution in [0.4, 0.5) is 0 Å². The Balaban J connectivity index is 1.82. The number of carbonyl (C=O) groups excluding carboxylic acids is 1. The van der Waals surface area contributed by atoms with Crippen molar-refractivity contribution >= 4 is 5.91 Å². The van der Waals surface area contributed by atoms with Gasteiger partial charge in [-0.3, -0.25) is 9.63 Å². The number of nitrogens with one attached hydrogen (secondary N) is 1. The van der Waals surface area contributed by atoms with Crippen LogP contribution in [0, 0.1) is 17.3 Å². The maximum Gasteiger partial charge on any atom is 0.218 e. The molecular formula is C21H40N2O4. The molecule has 1 N–H and O–H groups in total. The van der Waals surface area contributed by atoms with E-state index in [0.29, 0.717) is 11.8 Å². The van der Waals surface area contributed by atoms with Crippen LogP contribution in [0.25, 0.3) is 0 Å². The molecule has 1 heterocycles. The molecule has 2 rings (SSSR count). The molecule has 1 saturated carbocycles. The Morgan fingerprint density at radius 3 is 2.30 bits per heavy atom. The predicted octanol–water partition coefficient (Wildman–Crippen LogP) is 3.71. The molecule has 0 aromatic rings. The quantitative estimate of drug-likeness (QED) is 0.614. The van der Waals surface area contributed by atoms with Gasteiger partial charge in [0.1, 0.15) is 5.66 Å². The van der Waals surface area contributed by atoms with Crippen LogP contribution in [0.3, 0.4) is 0 Å². The van der Waals surface area contributed by atoms with Crippen LogP contribution >= 0.6 is 0 Å². The van der Waals surface area contributed by atoms with Gasteiger partial charge in [-0.2, -0.15) is 5.06 Å². The van der Waals surface area contributed by atoms with Gasteiger partial charge in [0.25, 0.3) is 0 Å². The first-order valence-electron chi connectivity index (χ1n) is 10.5. The number of hydrogen-bond donors (Lipinski definition) is 1. The third-order valence-corrected chi connectivity index (χ3v) is 6.36. The van der Waals surface area contributed by atoms with Gasteiger partial charge in [-0.05, 0) is 69.6 Å². The van der Waals surface area contributed by atoms with Crippen molar-refractivity contribution in [3.63, 3.8) is 0 Å². The average molecular weight is 385 g/mol. The van der Waals surface area contributed by atoms with Crippen LogP contribution in [0.2, 0.25) is 0 Å². The summed E-state index contributed by atoms with van der Waals surface area (Å²) in [5, 5.41) is 5.01. The van der Waals surface area contributed by atoms with Gasteiger partial charge in [-0.1, -0.05) is 13.8 Å². The van der Waals surface area contributed by atoms with Gasteiger partial charge < -0.3 is 14.8 Å². The van der Waals surface area contributed by atoms with Crippen molar-refractivity contribution in [2.45, 2.75) is 85.1 Å². The Morgan fingerprint density at radius 2 is 1.78 bits per heavy atom. The van der Waals surface area contributed by atoms with Crippen LogP contribution in [0.1, 0.15) is 73.1 Å². The molecule has 3 atom stereocenters. The normalized spacial score (nSPS) is 35.9. The molecular weight excluding hydrogens is 344 g/mol. The lowest BCUT2D eigenvalue weighted by Gasteiger charge is -2.36. The molecule has 2 fully saturated rings. The molecule has 158 valence electrons. The lowest BCUT2D eigenvalue weighted by atomic mass is 9.83. The number of rotatable bonds is 9. The lowest BCUT2D eigenvalue weighted by Crippen LogP contribution is -2.55. The third kappa shape index (κ3) is 6.41. The fraction of sp³-hybridized carbons (Fsp3) is 0.952. The smallest absolute Gasteiger partial charge is 0.218 e. The van der Waals surface area contributed by atoms with Crippen LogP contribution in [-0.2, 0) is 19.1 Å². The second kappa shape index (κ2) is 9.68. The van der Waals surface area contributed by atoms with Crippen molar-refractivity contribution in [3.8, 4) is 0 Å². The largest absolute Gasteiger partial charge is 0.384 e. The van der Waals surface area contributed by atoms with Crippen molar-refractivity contribution in [2.24, 2.45) is 17.3 Å². The van der Waals surface area contributed by atoms with Crippen LogP contribution in [0.5, 0.6) is 0 Å². The van der Waals surface area contributed by atoms with Crippen molar-refractivity contribution in [1.29, 1.82) is 0 Å². The van der Waals surface area contributed by atoms with E-state index in [9.17, 15) is 4.79 Å². The van der Waals surface area contributed by atoms with E-state index in [2.05, 4.69) is 19.2 Å². The molecule has 1 saturated heterocycles. The molecule has 2 aliphatic rings. The van der Waals surface area contributed by atoms with Crippen molar-refractivity contribution in [1.82, 2.24) is 10.4 Å². The summed E-state index contributed by atoms with van der Waals surface area (Å²) in [5.41, 5.74) is -0.372. The summed E-state index contributed by atoms with van der Waals surface area (Å²) in [4.78, 5) is 17.9. The molecule has 3 unspecified atom stereocenters. The first-order chi connectivity index (χ1) is 12.7. The summed E-state index contributed by atoms with van der Waals surface area (Å²) in [5.74, 6) is 1.27. The highest BCUT2D eigenvalue weighted by Gasteiger charge is 2.49. The van der Waals surface area contributed by atoms with Gasteiger partial charge in [0.2, 0.25) is 5.91 Å². The van der Waals surface area contributed by atoms with E-state index in [-0.39, 0.29) is 17.6 Å². The molecule has 0 spiro atoms. The molecule has 0 aromatic heterocycles. The molecule has 0 aromatic carbocycles. The highest BCUT2D eigenvalue weighted by Crippen LogP contribution is 2.42. The van der Waals surface area contributed by atoms with E-state index in [1.807, 2.05) is 18.9 Å². The molecule has 1 aliphatic heterocycles. The number of hydrogen-bond acceptors (Lipinski definition) is 5. The van der Waals surface area contributed by atoms with Crippen LogP contribution in [-0.4, -0.2) is 49.8 Å². The summed E-state index contributed by atoms with van der Waals surface area (Å²) < 4.78 is 11.3. The SMILES string of the molecule is CCC1(C)CN(OC(C)OCC2CCC(COC)CC2)C(C)(NC(C)=O)C1. The minimum Gasteiger partial charge on any atom is -0.384 e. The van der Waals surface area contributed by atoms with Crippen molar-refractivity contribution in [2.75, 3.05) is 26.9 Å². The Morgan fingerprint density at radius 1 is 1.19 bits per heavy atom. The number of ether oxygens (including phenoxy) is 2. The Kier molecular flexibility index (Phi) is 8.10. The monoisotopic (exact) mass is 384 g/mol. The van der Waals surface area contributed by atoms with E-state index >= 15 is 0 Å². The summed E-state index contributed by atoms with van der Waals surface area (Å²) in [6, 6.07) is 0. The first kappa shape index (κ1) is 22.6. The zero-order chi connectivity index (χ0) is 20.1. The molecule has 6 heteroatoms. The molecule has 0 bridgehead atoms. The predicted molar refractivity (Wildman–Crippen MR) is 106 cm³/mol. The Labute approximate surface area is 165 Å². The molecule has 0 radical (unpaired) electrons. The van der Waals surface area contributed by atoms with Gasteiger partial charge >= 0.3 is 0 Å². The highest BCUT2D eigenvalue weighted by atomic mass is 16.8. The van der Waals surface area contributed by atoms with Gasteiger partial charge in [0, 0.05) is 27.2 Å². The number of hydroxylamine groups is 2. The van der Waals surface area contributed by atoms with E-state index < -0.39 is 5.66 Å². The average Bonchev–Trinajstić information content (AvgIpc) is 2.84. The molecule has 27 heavy (non-hydrogen) atoms. The van der Waals surface area contributed by atoms with Gasteiger partial charge in [-0.15, -0.1) is 0 Å². The van der Waals surface area contributed by atoms with E-state index in [1.54, 1.807) is 14.0 Å². The highest BCUT2D eigenvalue weighted by molar-refractivity contribution is 5.73. The van der Waals surface area contributed by atoms with Crippen molar-refractivity contribution in [3.05, 3.63) is 0 Å². The number of methoxy groups -OCH3 is 1. The van der Waals surface area contributed by atoms with E-state index in [1.165, 1.54) is 25.7 Å². The van der Waals surface area contributed by atoms with E-state index in [4.69, 9.17) is 14.3 Å². The molecule has 1 aliphatic carbocycles. The Hall–Kier alpha value is -0.690. The fourth-order valence-electron chi connectivity index (χ4n) is 4.65. The first-order valence-corrected chi connectivity index (χ1v) is 10.5. The van der Waals surface area contributed by atoms with Gasteiger partial charge in [0.15, 0.2) is 6.29 Å². The maximum atomic E-state index is 11.7. The standard InChI is InChI=1S/C21H40N2O4/c1-7-20(4)14-21(5,22-16(2)24)23(15-20)27-17(3)26-13-19-10-8-18(9-11-19)12-25-6/h17-19H,7-15H2,1-6H3,(H,22,24). The zero-order valence-corrected chi connectivity index (χ0v) is 18.2. The summed E-state index contributed by atoms with van der Waals surface area (Å²) in [6.07, 6.45) is 6.42. The second-order valence-corrected chi connectivity index (χ2v) is 9.18. The summed E-state index contributed by atoms with van der Waals surface area (Å²) in [7, 11) is 1.78. The zero-order valence-electron chi connectivity index (χ0n) is 18.2. The van der Waals surface area contributed by atoms with Gasteiger partial charge in [0.05, 0.1) is 6.61 Å². The fourth-order valence-corrected chi connectivity index (χ4v) is 4.65. The molecule has 1 amide bonds. The topological polar surface area (TPSA) is 60.0 Å². The molecule has 6 nitrogen and oxygen atoms in total. The minimum absolute atomic E-state index is 0.0344. The number of amides is 1.